The van der Waals surface area contributed by atoms with Gasteiger partial charge in [-0.15, -0.1) is 0 Å². The molecule has 0 bridgehead atoms. The Labute approximate surface area is 129 Å². The van der Waals surface area contributed by atoms with Crippen molar-refractivity contribution >= 4 is 17.5 Å². The minimum Gasteiger partial charge on any atom is -0.385 e. The van der Waals surface area contributed by atoms with E-state index in [0.717, 1.165) is 42.9 Å². The van der Waals surface area contributed by atoms with Gasteiger partial charge < -0.3 is 16.4 Å². The highest BCUT2D eigenvalue weighted by molar-refractivity contribution is 6.11. The van der Waals surface area contributed by atoms with Crippen molar-refractivity contribution in [1.29, 1.82) is 0 Å². The highest BCUT2D eigenvalue weighted by Crippen LogP contribution is 2.21. The average molecular weight is 299 g/mol. The third-order valence-electron chi connectivity index (χ3n) is 3.83. The first-order chi connectivity index (χ1) is 10.8. The summed E-state index contributed by atoms with van der Waals surface area (Å²) in [4.78, 5) is 8.90. The van der Waals surface area contributed by atoms with Crippen molar-refractivity contribution in [2.75, 3.05) is 20.1 Å². The molecular formula is C15H21N7. The SMILES string of the molecule is C/N=C\C(=C1\N=C(C2CCCNC2)C=C(N)N1)c1ccn[nH]1. The summed E-state index contributed by atoms with van der Waals surface area (Å²) in [7, 11) is 1.73. The van der Waals surface area contributed by atoms with Crippen LogP contribution in [0.5, 0.6) is 0 Å². The summed E-state index contributed by atoms with van der Waals surface area (Å²) in [5.74, 6) is 1.70. The lowest BCUT2D eigenvalue weighted by Gasteiger charge is -2.26. The lowest BCUT2D eigenvalue weighted by molar-refractivity contribution is 0.458. The summed E-state index contributed by atoms with van der Waals surface area (Å²) in [6.45, 7) is 2.02. The Morgan fingerprint density at radius 3 is 3.09 bits per heavy atom. The molecule has 0 aliphatic carbocycles. The summed E-state index contributed by atoms with van der Waals surface area (Å²) in [5, 5.41) is 13.5. The summed E-state index contributed by atoms with van der Waals surface area (Å²) in [6.07, 6.45) is 7.68. The van der Waals surface area contributed by atoms with Crippen LogP contribution in [0.1, 0.15) is 18.5 Å². The van der Waals surface area contributed by atoms with E-state index < -0.39 is 0 Å². The molecule has 0 radical (unpaired) electrons. The number of H-pyrrole nitrogens is 1. The fourth-order valence-electron chi connectivity index (χ4n) is 2.76. The topological polar surface area (TPSA) is 103 Å². The van der Waals surface area contributed by atoms with E-state index in [1.54, 1.807) is 19.5 Å². The van der Waals surface area contributed by atoms with E-state index in [4.69, 9.17) is 10.7 Å². The molecule has 2 aliphatic rings. The molecule has 1 unspecified atom stereocenters. The molecule has 2 aliphatic heterocycles. The number of hydrogen-bond acceptors (Lipinski definition) is 6. The van der Waals surface area contributed by atoms with Gasteiger partial charge in [-0.1, -0.05) is 0 Å². The molecule has 116 valence electrons. The molecule has 0 amide bonds. The Hall–Kier alpha value is -2.41. The fourth-order valence-corrected chi connectivity index (χ4v) is 2.76. The van der Waals surface area contributed by atoms with Crippen LogP contribution in [-0.2, 0) is 0 Å². The number of nitrogens with two attached hydrogens (primary N) is 1. The van der Waals surface area contributed by atoms with Crippen molar-refractivity contribution in [3.05, 3.63) is 35.7 Å². The second-order valence-corrected chi connectivity index (χ2v) is 5.42. The minimum atomic E-state index is 0.394. The van der Waals surface area contributed by atoms with Gasteiger partial charge in [0.05, 0.1) is 17.0 Å². The number of nitrogens with one attached hydrogen (secondary N) is 3. The van der Waals surface area contributed by atoms with Gasteiger partial charge in [-0.3, -0.25) is 10.1 Å². The van der Waals surface area contributed by atoms with Crippen molar-refractivity contribution in [3.8, 4) is 0 Å². The molecular weight excluding hydrogens is 278 g/mol. The van der Waals surface area contributed by atoms with Gasteiger partial charge in [0.2, 0.25) is 0 Å². The van der Waals surface area contributed by atoms with Crippen LogP contribution in [0, 0.1) is 5.92 Å². The van der Waals surface area contributed by atoms with Crippen LogP contribution in [-0.4, -0.2) is 42.3 Å². The summed E-state index contributed by atoms with van der Waals surface area (Å²) < 4.78 is 0. The van der Waals surface area contributed by atoms with Crippen molar-refractivity contribution < 1.29 is 0 Å². The van der Waals surface area contributed by atoms with E-state index in [9.17, 15) is 0 Å². The number of nitrogens with zero attached hydrogens (tertiary/aromatic N) is 3. The van der Waals surface area contributed by atoms with Crippen LogP contribution >= 0.6 is 0 Å². The molecule has 0 aromatic carbocycles. The quantitative estimate of drug-likeness (QED) is 0.614. The second kappa shape index (κ2) is 6.57. The van der Waals surface area contributed by atoms with E-state index in [0.29, 0.717) is 17.6 Å². The van der Waals surface area contributed by atoms with Crippen LogP contribution in [0.3, 0.4) is 0 Å². The van der Waals surface area contributed by atoms with Crippen LogP contribution in [0.4, 0.5) is 0 Å². The Morgan fingerprint density at radius 1 is 1.50 bits per heavy atom. The normalized spacial score (nSPS) is 24.7. The van der Waals surface area contributed by atoms with Gasteiger partial charge in [-0.05, 0) is 25.5 Å². The zero-order valence-electron chi connectivity index (χ0n) is 12.6. The lowest BCUT2D eigenvalue weighted by Crippen LogP contribution is -2.36. The van der Waals surface area contributed by atoms with Crippen LogP contribution in [0.25, 0.3) is 5.57 Å². The first kappa shape index (κ1) is 14.5. The molecule has 1 saturated heterocycles. The molecule has 1 atom stereocenters. The highest BCUT2D eigenvalue weighted by atomic mass is 15.1. The maximum Gasteiger partial charge on any atom is 0.142 e. The number of aliphatic imine (C=N–C) groups is 2. The van der Waals surface area contributed by atoms with Crippen molar-refractivity contribution in [1.82, 2.24) is 20.8 Å². The number of allylic oxidation sites excluding steroid dienone is 2. The minimum absolute atomic E-state index is 0.394. The van der Waals surface area contributed by atoms with Gasteiger partial charge in [0.1, 0.15) is 11.6 Å². The third kappa shape index (κ3) is 3.09. The molecule has 22 heavy (non-hydrogen) atoms. The first-order valence-electron chi connectivity index (χ1n) is 7.47. The maximum absolute atomic E-state index is 6.05. The monoisotopic (exact) mass is 299 g/mol. The molecule has 7 nitrogen and oxygen atoms in total. The molecule has 0 spiro atoms. The Bertz CT molecular complexity index is 631. The summed E-state index contributed by atoms with van der Waals surface area (Å²) in [5.41, 5.74) is 8.77. The first-order valence-corrected chi connectivity index (χ1v) is 7.47. The van der Waals surface area contributed by atoms with Crippen LogP contribution in [0.2, 0.25) is 0 Å². The number of hydrogen-bond donors (Lipinski definition) is 4. The number of aromatic amines is 1. The van der Waals surface area contributed by atoms with E-state index in [-0.39, 0.29) is 0 Å². The third-order valence-corrected chi connectivity index (χ3v) is 3.83. The molecule has 1 fully saturated rings. The molecule has 7 heteroatoms. The van der Waals surface area contributed by atoms with Gasteiger partial charge in [0, 0.05) is 38.0 Å². The van der Waals surface area contributed by atoms with Crippen molar-refractivity contribution in [2.45, 2.75) is 12.8 Å². The largest absolute Gasteiger partial charge is 0.385 e. The van der Waals surface area contributed by atoms with Gasteiger partial charge >= 0.3 is 0 Å². The molecule has 5 N–H and O–H groups in total. The van der Waals surface area contributed by atoms with Crippen LogP contribution < -0.4 is 16.4 Å². The Balaban J connectivity index is 1.99. The van der Waals surface area contributed by atoms with E-state index >= 15 is 0 Å². The average Bonchev–Trinajstić information content (AvgIpc) is 3.07. The predicted molar refractivity (Wildman–Crippen MR) is 88.4 cm³/mol. The highest BCUT2D eigenvalue weighted by Gasteiger charge is 2.22. The van der Waals surface area contributed by atoms with Gasteiger partial charge in [0.25, 0.3) is 0 Å². The Morgan fingerprint density at radius 2 is 2.41 bits per heavy atom. The number of rotatable bonds is 3. The molecule has 3 rings (SSSR count). The number of piperidine rings is 1. The summed E-state index contributed by atoms with van der Waals surface area (Å²) >= 11 is 0. The Kier molecular flexibility index (Phi) is 4.34. The smallest absolute Gasteiger partial charge is 0.142 e. The number of aromatic nitrogens is 2. The second-order valence-electron chi connectivity index (χ2n) is 5.42. The van der Waals surface area contributed by atoms with Gasteiger partial charge in [-0.2, -0.15) is 5.10 Å². The maximum atomic E-state index is 6.05. The standard InChI is InChI=1S/C15H21N7/c1-17-9-11(12-4-6-19-22-12)15-20-13(7-14(16)21-15)10-3-2-5-18-8-10/h4,6-7,9-10,18,21H,2-3,5,8,16H2,1H3,(H,19,22)/b15-11+,17-9-. The molecule has 1 aromatic rings. The molecule has 1 aromatic heterocycles. The lowest BCUT2D eigenvalue weighted by atomic mass is 9.93. The fraction of sp³-hybridized carbons (Fsp3) is 0.400. The van der Waals surface area contributed by atoms with Crippen molar-refractivity contribution in [3.63, 3.8) is 0 Å². The molecule has 0 saturated carbocycles. The van der Waals surface area contributed by atoms with Gasteiger partial charge in [-0.25, -0.2) is 4.99 Å². The zero-order valence-corrected chi connectivity index (χ0v) is 12.6. The van der Waals surface area contributed by atoms with E-state index in [2.05, 4.69) is 25.8 Å². The van der Waals surface area contributed by atoms with E-state index in [1.165, 1.54) is 0 Å². The van der Waals surface area contributed by atoms with Gasteiger partial charge in [0.15, 0.2) is 0 Å². The summed E-state index contributed by atoms with van der Waals surface area (Å²) in [6, 6.07) is 1.89. The van der Waals surface area contributed by atoms with Crippen molar-refractivity contribution in [2.24, 2.45) is 21.6 Å². The predicted octanol–water partition coefficient (Wildman–Crippen LogP) is 0.623. The van der Waals surface area contributed by atoms with Crippen LogP contribution in [0.15, 0.2) is 40.0 Å². The zero-order chi connectivity index (χ0) is 15.4. The van der Waals surface area contributed by atoms with E-state index in [1.807, 2.05) is 12.1 Å². The molecule has 3 heterocycles.